The van der Waals surface area contributed by atoms with E-state index in [0.717, 1.165) is 6.42 Å². The second-order valence-electron chi connectivity index (χ2n) is 5.19. The lowest BCUT2D eigenvalue weighted by Crippen LogP contribution is -2.45. The zero-order valence-corrected chi connectivity index (χ0v) is 11.4. The van der Waals surface area contributed by atoms with Crippen molar-refractivity contribution in [1.29, 1.82) is 0 Å². The Hall–Kier alpha value is -2.43. The molecule has 0 saturated heterocycles. The molecule has 1 aromatic rings. The molecule has 1 fully saturated rings. The van der Waals surface area contributed by atoms with Crippen molar-refractivity contribution in [2.24, 2.45) is 0 Å². The van der Waals surface area contributed by atoms with Crippen molar-refractivity contribution in [2.75, 3.05) is 0 Å². The molecular weight excluding hydrogens is 270 g/mol. The van der Waals surface area contributed by atoms with E-state index >= 15 is 0 Å². The van der Waals surface area contributed by atoms with Crippen LogP contribution in [0.2, 0.25) is 0 Å². The summed E-state index contributed by atoms with van der Waals surface area (Å²) in [6.45, 7) is 0. The second kappa shape index (κ2) is 5.52. The highest BCUT2D eigenvalue weighted by atomic mass is 16.5. The monoisotopic (exact) mass is 285 g/mol. The summed E-state index contributed by atoms with van der Waals surface area (Å²) in [5, 5.41) is 0. The maximum Gasteiger partial charge on any atom is 0.338 e. The van der Waals surface area contributed by atoms with Gasteiger partial charge in [0.25, 0.3) is 11.8 Å². The highest BCUT2D eigenvalue weighted by Gasteiger charge is 2.41. The van der Waals surface area contributed by atoms with E-state index in [1.165, 1.54) is 17.1 Å². The van der Waals surface area contributed by atoms with Gasteiger partial charge in [-0.2, -0.15) is 0 Å². The summed E-state index contributed by atoms with van der Waals surface area (Å²) in [6, 6.07) is 8.36. The van der Waals surface area contributed by atoms with E-state index in [1.54, 1.807) is 24.3 Å². The summed E-state index contributed by atoms with van der Waals surface area (Å²) in [4.78, 5) is 36.8. The van der Waals surface area contributed by atoms with Crippen LogP contribution in [0.25, 0.3) is 0 Å². The van der Waals surface area contributed by atoms with Gasteiger partial charge in [0.15, 0.2) is 0 Å². The number of carbonyl (C=O) groups excluding carboxylic acids is 3. The number of rotatable bonds is 3. The summed E-state index contributed by atoms with van der Waals surface area (Å²) in [5.41, 5.74) is 0.473. The summed E-state index contributed by atoms with van der Waals surface area (Å²) >= 11 is 0. The van der Waals surface area contributed by atoms with Crippen molar-refractivity contribution in [2.45, 2.75) is 31.4 Å². The van der Waals surface area contributed by atoms with Gasteiger partial charge in [-0.1, -0.05) is 18.2 Å². The van der Waals surface area contributed by atoms with Gasteiger partial charge < -0.3 is 4.74 Å². The third-order valence-corrected chi connectivity index (χ3v) is 3.86. The fourth-order valence-electron chi connectivity index (χ4n) is 2.86. The van der Waals surface area contributed by atoms with Gasteiger partial charge in [0.05, 0.1) is 11.6 Å². The molecule has 0 unspecified atom stereocenters. The van der Waals surface area contributed by atoms with Crippen LogP contribution in [0.1, 0.15) is 29.6 Å². The highest BCUT2D eigenvalue weighted by Crippen LogP contribution is 2.29. The van der Waals surface area contributed by atoms with Crippen molar-refractivity contribution < 1.29 is 19.1 Å². The van der Waals surface area contributed by atoms with E-state index in [1.807, 2.05) is 6.07 Å². The molecule has 21 heavy (non-hydrogen) atoms. The number of hydrogen-bond acceptors (Lipinski definition) is 4. The molecule has 0 N–H and O–H groups in total. The van der Waals surface area contributed by atoms with Gasteiger partial charge in [0.2, 0.25) is 0 Å². The molecule has 0 radical (unpaired) electrons. The number of imide groups is 1. The van der Waals surface area contributed by atoms with Gasteiger partial charge in [-0.3, -0.25) is 14.5 Å². The Labute approximate surface area is 122 Å². The van der Waals surface area contributed by atoms with Gasteiger partial charge in [-0.25, -0.2) is 4.79 Å². The SMILES string of the molecule is O=C(O[C@H]1CCC[C@@H]1N1C(=O)C=CC1=O)c1ccccc1. The first-order valence-electron chi connectivity index (χ1n) is 6.98. The average molecular weight is 285 g/mol. The second-order valence-corrected chi connectivity index (χ2v) is 5.19. The standard InChI is InChI=1S/C16H15NO4/c18-14-9-10-15(19)17(14)12-7-4-8-13(12)21-16(20)11-5-2-1-3-6-11/h1-3,5-6,9-10,12-13H,4,7-8H2/t12-,13-/m0/s1. The van der Waals surface area contributed by atoms with Crippen molar-refractivity contribution in [3.05, 3.63) is 48.0 Å². The van der Waals surface area contributed by atoms with Crippen LogP contribution in [0.5, 0.6) is 0 Å². The lowest BCUT2D eigenvalue weighted by Gasteiger charge is -2.27. The molecule has 0 aromatic heterocycles. The molecule has 5 nitrogen and oxygen atoms in total. The van der Waals surface area contributed by atoms with E-state index in [-0.39, 0.29) is 17.9 Å². The Bertz CT molecular complexity index is 590. The van der Waals surface area contributed by atoms with E-state index in [2.05, 4.69) is 0 Å². The van der Waals surface area contributed by atoms with Crippen LogP contribution in [-0.2, 0) is 14.3 Å². The van der Waals surface area contributed by atoms with E-state index in [4.69, 9.17) is 4.74 Å². The Kier molecular flexibility index (Phi) is 3.56. The number of carbonyl (C=O) groups is 3. The molecule has 2 atom stereocenters. The molecule has 1 heterocycles. The van der Waals surface area contributed by atoms with Crippen LogP contribution >= 0.6 is 0 Å². The smallest absolute Gasteiger partial charge is 0.338 e. The maximum absolute atomic E-state index is 12.1. The first kappa shape index (κ1) is 13.5. The molecule has 3 rings (SSSR count). The van der Waals surface area contributed by atoms with Crippen LogP contribution in [-0.4, -0.2) is 34.8 Å². The number of hydrogen-bond donors (Lipinski definition) is 0. The minimum absolute atomic E-state index is 0.326. The third kappa shape index (κ3) is 2.59. The number of nitrogens with zero attached hydrogens (tertiary/aromatic N) is 1. The van der Waals surface area contributed by atoms with Gasteiger partial charge in [0, 0.05) is 12.2 Å². The van der Waals surface area contributed by atoms with Crippen molar-refractivity contribution in [1.82, 2.24) is 4.90 Å². The maximum atomic E-state index is 12.1. The number of esters is 1. The Balaban J connectivity index is 1.72. The predicted molar refractivity (Wildman–Crippen MR) is 74.3 cm³/mol. The molecule has 1 saturated carbocycles. The summed E-state index contributed by atoms with van der Waals surface area (Å²) < 4.78 is 5.51. The van der Waals surface area contributed by atoms with Crippen LogP contribution in [0, 0.1) is 0 Å². The normalized spacial score (nSPS) is 24.7. The zero-order chi connectivity index (χ0) is 14.8. The lowest BCUT2D eigenvalue weighted by atomic mass is 10.1. The molecule has 5 heteroatoms. The van der Waals surface area contributed by atoms with Crippen molar-refractivity contribution in [3.63, 3.8) is 0 Å². The topological polar surface area (TPSA) is 63.7 Å². The molecule has 108 valence electrons. The fraction of sp³-hybridized carbons (Fsp3) is 0.312. The quantitative estimate of drug-likeness (QED) is 0.626. The van der Waals surface area contributed by atoms with E-state index in [0.29, 0.717) is 18.4 Å². The Morgan fingerprint density at radius 2 is 1.71 bits per heavy atom. The Morgan fingerprint density at radius 1 is 1.05 bits per heavy atom. The van der Waals surface area contributed by atoms with Crippen molar-refractivity contribution in [3.8, 4) is 0 Å². The van der Waals surface area contributed by atoms with Crippen molar-refractivity contribution >= 4 is 17.8 Å². The van der Waals surface area contributed by atoms with Gasteiger partial charge in [-0.05, 0) is 31.4 Å². The summed E-state index contributed by atoms with van der Waals surface area (Å²) in [5.74, 6) is -1.07. The van der Waals surface area contributed by atoms with Gasteiger partial charge >= 0.3 is 5.97 Å². The average Bonchev–Trinajstić information content (AvgIpc) is 3.06. The van der Waals surface area contributed by atoms with Gasteiger partial charge in [-0.15, -0.1) is 0 Å². The molecule has 1 aliphatic carbocycles. The third-order valence-electron chi connectivity index (χ3n) is 3.86. The molecule has 2 amide bonds. The molecule has 1 aromatic carbocycles. The molecular formula is C16H15NO4. The first-order valence-corrected chi connectivity index (χ1v) is 6.98. The van der Waals surface area contributed by atoms with Crippen LogP contribution in [0.3, 0.4) is 0 Å². The number of amides is 2. The summed E-state index contributed by atoms with van der Waals surface area (Å²) in [6.07, 6.45) is 4.26. The van der Waals surface area contributed by atoms with E-state index < -0.39 is 12.1 Å². The summed E-state index contributed by atoms with van der Waals surface area (Å²) in [7, 11) is 0. The van der Waals surface area contributed by atoms with Crippen LogP contribution in [0.15, 0.2) is 42.5 Å². The van der Waals surface area contributed by atoms with Gasteiger partial charge in [0.1, 0.15) is 6.10 Å². The number of benzene rings is 1. The minimum atomic E-state index is -0.425. The Morgan fingerprint density at radius 3 is 2.38 bits per heavy atom. The molecule has 2 aliphatic rings. The van der Waals surface area contributed by atoms with Crippen LogP contribution in [0.4, 0.5) is 0 Å². The predicted octanol–water partition coefficient (Wildman–Crippen LogP) is 1.69. The lowest BCUT2D eigenvalue weighted by molar-refractivity contribution is -0.141. The molecule has 1 aliphatic heterocycles. The number of ether oxygens (including phenoxy) is 1. The molecule has 0 bridgehead atoms. The molecule has 0 spiro atoms. The highest BCUT2D eigenvalue weighted by molar-refractivity contribution is 6.13. The van der Waals surface area contributed by atoms with E-state index in [9.17, 15) is 14.4 Å². The largest absolute Gasteiger partial charge is 0.457 e. The minimum Gasteiger partial charge on any atom is -0.457 e. The first-order chi connectivity index (χ1) is 10.2. The fourth-order valence-corrected chi connectivity index (χ4v) is 2.86. The zero-order valence-electron chi connectivity index (χ0n) is 11.4. The van der Waals surface area contributed by atoms with Crippen LogP contribution < -0.4 is 0 Å².